The molecule has 1 aromatic carbocycles. The average Bonchev–Trinajstić information content (AvgIpc) is 2.35. The molecule has 0 aliphatic carbocycles. The molecule has 0 nitrogen and oxygen atoms in total. The first-order valence-electron chi connectivity index (χ1n) is 5.73. The van der Waals surface area contributed by atoms with E-state index in [-0.39, 0.29) is 0 Å². The van der Waals surface area contributed by atoms with Crippen LogP contribution in [0.2, 0.25) is 5.02 Å². The van der Waals surface area contributed by atoms with Crippen LogP contribution in [0.4, 0.5) is 0 Å². The molecule has 0 fully saturated rings. The summed E-state index contributed by atoms with van der Waals surface area (Å²) in [5.41, 5.74) is 0.956. The molecule has 0 heterocycles. The predicted octanol–water partition coefficient (Wildman–Crippen LogP) is 4.44. The molecule has 0 unspecified atom stereocenters. The number of unbranched alkanes of at least 4 members (excludes halogenated alkanes) is 2. The second kappa shape index (κ2) is 8.51. The molecule has 0 spiro atoms. The summed E-state index contributed by atoms with van der Waals surface area (Å²) in [6, 6.07) is 7.46. The van der Waals surface area contributed by atoms with Crippen molar-refractivity contribution >= 4 is 11.6 Å². The van der Waals surface area contributed by atoms with Gasteiger partial charge < -0.3 is 0 Å². The standard InChI is InChI=1S/C16H15Cl/c1-2-3-4-5-6-7-8-9-10-15-11-13-16(17)14-12-15/h7-8,11-14H,2-4H2,1H3. The van der Waals surface area contributed by atoms with Gasteiger partial charge in [-0.15, -0.1) is 0 Å². The second-order valence-corrected chi connectivity index (χ2v) is 3.97. The van der Waals surface area contributed by atoms with Crippen LogP contribution >= 0.6 is 11.6 Å². The molecule has 0 aliphatic heterocycles. The van der Waals surface area contributed by atoms with Crippen molar-refractivity contribution in [3.63, 3.8) is 0 Å². The van der Waals surface area contributed by atoms with Crippen molar-refractivity contribution < 1.29 is 0 Å². The van der Waals surface area contributed by atoms with Crippen LogP contribution in [0.5, 0.6) is 0 Å². The van der Waals surface area contributed by atoms with Gasteiger partial charge in [0.2, 0.25) is 0 Å². The molecule has 0 N–H and O–H groups in total. The second-order valence-electron chi connectivity index (χ2n) is 3.53. The van der Waals surface area contributed by atoms with Crippen molar-refractivity contribution in [1.29, 1.82) is 0 Å². The van der Waals surface area contributed by atoms with Crippen LogP contribution in [0.3, 0.4) is 0 Å². The zero-order valence-electron chi connectivity index (χ0n) is 9.96. The van der Waals surface area contributed by atoms with Crippen LogP contribution in [-0.2, 0) is 0 Å². The van der Waals surface area contributed by atoms with Crippen molar-refractivity contribution in [3.8, 4) is 23.7 Å². The molecule has 0 aromatic heterocycles. The Labute approximate surface area is 109 Å². The maximum Gasteiger partial charge on any atom is 0.0406 e. The van der Waals surface area contributed by atoms with Gasteiger partial charge in [-0.25, -0.2) is 0 Å². The Hall–Kier alpha value is -1.63. The zero-order valence-corrected chi connectivity index (χ0v) is 10.7. The van der Waals surface area contributed by atoms with Crippen LogP contribution in [0, 0.1) is 23.7 Å². The number of hydrogen-bond donors (Lipinski definition) is 0. The first-order valence-corrected chi connectivity index (χ1v) is 6.11. The number of hydrogen-bond acceptors (Lipinski definition) is 0. The largest absolute Gasteiger partial charge is 0.0985 e. The zero-order chi connectivity index (χ0) is 12.3. The maximum absolute atomic E-state index is 5.78. The van der Waals surface area contributed by atoms with Gasteiger partial charge in [-0.3, -0.25) is 0 Å². The Bertz CT molecular complexity index is 472. The number of halogens is 1. The van der Waals surface area contributed by atoms with E-state index in [9.17, 15) is 0 Å². The van der Waals surface area contributed by atoms with Crippen molar-refractivity contribution in [3.05, 3.63) is 47.0 Å². The third-order valence-corrected chi connectivity index (χ3v) is 2.32. The van der Waals surface area contributed by atoms with E-state index in [2.05, 4.69) is 30.6 Å². The van der Waals surface area contributed by atoms with Gasteiger partial charge >= 0.3 is 0 Å². The van der Waals surface area contributed by atoms with Gasteiger partial charge in [-0.1, -0.05) is 48.6 Å². The summed E-state index contributed by atoms with van der Waals surface area (Å²) in [6.07, 6.45) is 6.88. The Morgan fingerprint density at radius 3 is 2.53 bits per heavy atom. The molecule has 1 rings (SSSR count). The Morgan fingerprint density at radius 2 is 1.82 bits per heavy atom. The van der Waals surface area contributed by atoms with E-state index in [1.54, 1.807) is 12.2 Å². The Morgan fingerprint density at radius 1 is 1.12 bits per heavy atom. The minimum atomic E-state index is 0.730. The summed E-state index contributed by atoms with van der Waals surface area (Å²) < 4.78 is 0. The summed E-state index contributed by atoms with van der Waals surface area (Å²) in [7, 11) is 0. The third kappa shape index (κ3) is 6.52. The molecular formula is C16H15Cl. The molecule has 0 saturated heterocycles. The first kappa shape index (κ1) is 13.4. The van der Waals surface area contributed by atoms with Gasteiger partial charge in [0.25, 0.3) is 0 Å². The highest BCUT2D eigenvalue weighted by atomic mass is 35.5. The Balaban J connectivity index is 2.42. The molecular weight excluding hydrogens is 228 g/mol. The average molecular weight is 243 g/mol. The van der Waals surface area contributed by atoms with E-state index >= 15 is 0 Å². The van der Waals surface area contributed by atoms with E-state index < -0.39 is 0 Å². The summed E-state index contributed by atoms with van der Waals surface area (Å²) in [6.45, 7) is 2.16. The quantitative estimate of drug-likeness (QED) is 0.531. The van der Waals surface area contributed by atoms with Gasteiger partial charge in [-0.05, 0) is 42.8 Å². The van der Waals surface area contributed by atoms with Gasteiger partial charge in [0.05, 0.1) is 0 Å². The van der Waals surface area contributed by atoms with E-state index in [1.807, 2.05) is 24.3 Å². The predicted molar refractivity (Wildman–Crippen MR) is 74.8 cm³/mol. The molecule has 0 radical (unpaired) electrons. The van der Waals surface area contributed by atoms with Crippen LogP contribution in [0.25, 0.3) is 0 Å². The fourth-order valence-electron chi connectivity index (χ4n) is 1.14. The van der Waals surface area contributed by atoms with Crippen LogP contribution < -0.4 is 0 Å². The highest BCUT2D eigenvalue weighted by molar-refractivity contribution is 6.30. The molecule has 0 atom stereocenters. The minimum Gasteiger partial charge on any atom is -0.0985 e. The fraction of sp³-hybridized carbons (Fsp3) is 0.250. The lowest BCUT2D eigenvalue weighted by Crippen LogP contribution is -1.71. The summed E-state index contributed by atoms with van der Waals surface area (Å²) in [4.78, 5) is 0. The third-order valence-electron chi connectivity index (χ3n) is 2.07. The maximum atomic E-state index is 5.78. The SMILES string of the molecule is CCCCC#CC=CC#Cc1ccc(Cl)cc1. The van der Waals surface area contributed by atoms with E-state index in [4.69, 9.17) is 11.6 Å². The Kier molecular flexibility index (Phi) is 6.73. The molecule has 17 heavy (non-hydrogen) atoms. The number of benzene rings is 1. The fourth-order valence-corrected chi connectivity index (χ4v) is 1.26. The molecule has 1 heteroatoms. The lowest BCUT2D eigenvalue weighted by molar-refractivity contribution is 0.828. The van der Waals surface area contributed by atoms with Gasteiger partial charge in [0, 0.05) is 17.0 Å². The molecule has 86 valence electrons. The smallest absolute Gasteiger partial charge is 0.0406 e. The van der Waals surface area contributed by atoms with Crippen molar-refractivity contribution in [2.45, 2.75) is 26.2 Å². The molecule has 0 saturated carbocycles. The number of rotatable bonds is 2. The van der Waals surface area contributed by atoms with Crippen molar-refractivity contribution in [2.75, 3.05) is 0 Å². The summed E-state index contributed by atoms with van der Waals surface area (Å²) in [5, 5.41) is 0.730. The highest BCUT2D eigenvalue weighted by Crippen LogP contribution is 2.08. The van der Waals surface area contributed by atoms with Gasteiger partial charge in [0.15, 0.2) is 0 Å². The normalized spacial score (nSPS) is 9.29. The minimum absolute atomic E-state index is 0.730. The van der Waals surface area contributed by atoms with Crippen molar-refractivity contribution in [2.24, 2.45) is 0 Å². The van der Waals surface area contributed by atoms with Gasteiger partial charge in [-0.2, -0.15) is 0 Å². The molecule has 0 aliphatic rings. The molecule has 0 amide bonds. The summed E-state index contributed by atoms with van der Waals surface area (Å²) in [5.74, 6) is 12.0. The van der Waals surface area contributed by atoms with E-state index in [1.165, 1.54) is 6.42 Å². The molecule has 0 bridgehead atoms. The lowest BCUT2D eigenvalue weighted by Gasteiger charge is -1.88. The topological polar surface area (TPSA) is 0 Å². The summed E-state index contributed by atoms with van der Waals surface area (Å²) >= 11 is 5.78. The highest BCUT2D eigenvalue weighted by Gasteiger charge is 1.85. The monoisotopic (exact) mass is 242 g/mol. The van der Waals surface area contributed by atoms with Crippen molar-refractivity contribution in [1.82, 2.24) is 0 Å². The van der Waals surface area contributed by atoms with Crippen LogP contribution in [0.15, 0.2) is 36.4 Å². The molecule has 1 aromatic rings. The van der Waals surface area contributed by atoms with E-state index in [0.29, 0.717) is 0 Å². The number of allylic oxidation sites excluding steroid dienone is 2. The van der Waals surface area contributed by atoms with Gasteiger partial charge in [0.1, 0.15) is 0 Å². The van der Waals surface area contributed by atoms with Crippen LogP contribution in [0.1, 0.15) is 31.7 Å². The van der Waals surface area contributed by atoms with Crippen LogP contribution in [-0.4, -0.2) is 0 Å². The lowest BCUT2D eigenvalue weighted by atomic mass is 10.2. The first-order chi connectivity index (χ1) is 8.33. The van der Waals surface area contributed by atoms with E-state index in [0.717, 1.165) is 23.4 Å².